The minimum atomic E-state index is -0.174. The number of anilines is 2. The van der Waals surface area contributed by atoms with Crippen molar-refractivity contribution in [3.63, 3.8) is 0 Å². The largest absolute Gasteiger partial charge is 0.497 e. The SMILES string of the molecule is CCC(C)Nc1ccc(NC(=O)c2ccc(OC)cc2)cn1. The van der Waals surface area contributed by atoms with Gasteiger partial charge in [-0.2, -0.15) is 0 Å². The molecule has 0 radical (unpaired) electrons. The van der Waals surface area contributed by atoms with Gasteiger partial charge in [0.15, 0.2) is 0 Å². The molecule has 0 saturated carbocycles. The number of rotatable bonds is 6. The molecular formula is C17H21N3O2. The molecule has 0 spiro atoms. The fourth-order valence-corrected chi connectivity index (χ4v) is 1.85. The van der Waals surface area contributed by atoms with E-state index in [2.05, 4.69) is 29.5 Å². The number of carbonyl (C=O) groups excluding carboxylic acids is 1. The highest BCUT2D eigenvalue weighted by Gasteiger charge is 2.07. The average molecular weight is 299 g/mol. The summed E-state index contributed by atoms with van der Waals surface area (Å²) in [7, 11) is 1.59. The third-order valence-corrected chi connectivity index (χ3v) is 3.38. The lowest BCUT2D eigenvalue weighted by molar-refractivity contribution is 0.102. The Morgan fingerprint density at radius 1 is 1.23 bits per heavy atom. The number of ether oxygens (including phenoxy) is 1. The lowest BCUT2D eigenvalue weighted by Crippen LogP contribution is -2.15. The molecule has 0 fully saturated rings. The van der Waals surface area contributed by atoms with Crippen LogP contribution in [0.15, 0.2) is 42.6 Å². The molecule has 0 aliphatic heterocycles. The summed E-state index contributed by atoms with van der Waals surface area (Å²) in [4.78, 5) is 16.4. The molecule has 2 rings (SSSR count). The maximum atomic E-state index is 12.1. The van der Waals surface area contributed by atoms with Crippen molar-refractivity contribution in [2.24, 2.45) is 0 Å². The van der Waals surface area contributed by atoms with Gasteiger partial charge in [-0.3, -0.25) is 4.79 Å². The highest BCUT2D eigenvalue weighted by atomic mass is 16.5. The molecule has 1 unspecified atom stereocenters. The first kappa shape index (κ1) is 15.8. The first-order valence-electron chi connectivity index (χ1n) is 7.30. The number of methoxy groups -OCH3 is 1. The van der Waals surface area contributed by atoms with Crippen molar-refractivity contribution in [2.45, 2.75) is 26.3 Å². The molecule has 1 heterocycles. The number of carbonyl (C=O) groups is 1. The Hall–Kier alpha value is -2.56. The first-order valence-corrected chi connectivity index (χ1v) is 7.30. The highest BCUT2D eigenvalue weighted by Crippen LogP contribution is 2.15. The Labute approximate surface area is 130 Å². The molecule has 2 N–H and O–H groups in total. The Bertz CT molecular complexity index is 609. The topological polar surface area (TPSA) is 63.2 Å². The Morgan fingerprint density at radius 3 is 2.50 bits per heavy atom. The number of nitrogens with zero attached hydrogens (tertiary/aromatic N) is 1. The minimum Gasteiger partial charge on any atom is -0.497 e. The number of nitrogens with one attached hydrogen (secondary N) is 2. The second kappa shape index (κ2) is 7.45. The lowest BCUT2D eigenvalue weighted by Gasteiger charge is -2.12. The molecule has 0 saturated heterocycles. The molecule has 5 heteroatoms. The predicted molar refractivity (Wildman–Crippen MR) is 88.6 cm³/mol. The van der Waals surface area contributed by atoms with Crippen molar-refractivity contribution >= 4 is 17.4 Å². The van der Waals surface area contributed by atoms with Crippen LogP contribution in [0.1, 0.15) is 30.6 Å². The van der Waals surface area contributed by atoms with Crippen LogP contribution in [0.5, 0.6) is 5.75 Å². The standard InChI is InChI=1S/C17H21N3O2/c1-4-12(2)19-16-10-7-14(11-18-16)20-17(21)13-5-8-15(22-3)9-6-13/h5-12H,4H2,1-3H3,(H,18,19)(H,20,21). The van der Waals surface area contributed by atoms with Gasteiger partial charge < -0.3 is 15.4 Å². The molecule has 0 aliphatic carbocycles. The summed E-state index contributed by atoms with van der Waals surface area (Å²) in [5.41, 5.74) is 1.23. The zero-order valence-corrected chi connectivity index (χ0v) is 13.1. The van der Waals surface area contributed by atoms with Gasteiger partial charge in [-0.25, -0.2) is 4.98 Å². The summed E-state index contributed by atoms with van der Waals surface area (Å²) < 4.78 is 5.07. The number of benzene rings is 1. The van der Waals surface area contributed by atoms with Gasteiger partial charge in [-0.15, -0.1) is 0 Å². The van der Waals surface area contributed by atoms with E-state index in [0.717, 1.165) is 18.0 Å². The molecule has 0 aliphatic rings. The van der Waals surface area contributed by atoms with Gasteiger partial charge in [-0.1, -0.05) is 6.92 Å². The van der Waals surface area contributed by atoms with Crippen LogP contribution in [-0.4, -0.2) is 24.0 Å². The van der Waals surface area contributed by atoms with Crippen molar-refractivity contribution in [2.75, 3.05) is 17.7 Å². The van der Waals surface area contributed by atoms with Crippen LogP contribution in [0.4, 0.5) is 11.5 Å². The van der Waals surface area contributed by atoms with E-state index in [9.17, 15) is 4.79 Å². The molecule has 1 aromatic carbocycles. The molecule has 1 amide bonds. The van der Waals surface area contributed by atoms with Crippen LogP contribution in [-0.2, 0) is 0 Å². The predicted octanol–water partition coefficient (Wildman–Crippen LogP) is 3.55. The summed E-state index contributed by atoms with van der Waals surface area (Å²) >= 11 is 0. The van der Waals surface area contributed by atoms with E-state index in [1.54, 1.807) is 37.6 Å². The van der Waals surface area contributed by atoms with E-state index in [-0.39, 0.29) is 5.91 Å². The van der Waals surface area contributed by atoms with E-state index in [0.29, 0.717) is 17.3 Å². The summed E-state index contributed by atoms with van der Waals surface area (Å²) in [6.45, 7) is 4.21. The smallest absolute Gasteiger partial charge is 0.255 e. The highest BCUT2D eigenvalue weighted by molar-refractivity contribution is 6.04. The fraction of sp³-hybridized carbons (Fsp3) is 0.294. The van der Waals surface area contributed by atoms with E-state index >= 15 is 0 Å². The summed E-state index contributed by atoms with van der Waals surface area (Å²) in [5, 5.41) is 6.10. The van der Waals surface area contributed by atoms with Crippen LogP contribution in [0.25, 0.3) is 0 Å². The number of hydrogen-bond donors (Lipinski definition) is 2. The Kier molecular flexibility index (Phi) is 5.36. The third-order valence-electron chi connectivity index (χ3n) is 3.38. The summed E-state index contributed by atoms with van der Waals surface area (Å²) in [5.74, 6) is 1.35. The van der Waals surface area contributed by atoms with E-state index in [1.807, 2.05) is 12.1 Å². The molecule has 1 aromatic heterocycles. The summed E-state index contributed by atoms with van der Waals surface area (Å²) in [6, 6.07) is 11.0. The van der Waals surface area contributed by atoms with E-state index in [4.69, 9.17) is 4.74 Å². The van der Waals surface area contributed by atoms with Gasteiger partial charge in [0.2, 0.25) is 0 Å². The van der Waals surface area contributed by atoms with Gasteiger partial charge in [0, 0.05) is 11.6 Å². The van der Waals surface area contributed by atoms with Crippen molar-refractivity contribution in [1.29, 1.82) is 0 Å². The van der Waals surface area contributed by atoms with Crippen molar-refractivity contribution in [1.82, 2.24) is 4.98 Å². The fourth-order valence-electron chi connectivity index (χ4n) is 1.85. The van der Waals surface area contributed by atoms with E-state index in [1.165, 1.54) is 0 Å². The van der Waals surface area contributed by atoms with Crippen LogP contribution >= 0.6 is 0 Å². The maximum absolute atomic E-state index is 12.1. The van der Waals surface area contributed by atoms with Gasteiger partial charge in [0.25, 0.3) is 5.91 Å². The molecule has 2 aromatic rings. The summed E-state index contributed by atoms with van der Waals surface area (Å²) in [6.07, 6.45) is 2.67. The van der Waals surface area contributed by atoms with Gasteiger partial charge in [0.1, 0.15) is 11.6 Å². The zero-order valence-electron chi connectivity index (χ0n) is 13.1. The molecule has 1 atom stereocenters. The van der Waals surface area contributed by atoms with Crippen molar-refractivity contribution < 1.29 is 9.53 Å². The van der Waals surface area contributed by atoms with Crippen molar-refractivity contribution in [3.8, 4) is 5.75 Å². The quantitative estimate of drug-likeness (QED) is 0.856. The molecule has 5 nitrogen and oxygen atoms in total. The molecule has 0 bridgehead atoms. The van der Waals surface area contributed by atoms with Crippen LogP contribution < -0.4 is 15.4 Å². The van der Waals surface area contributed by atoms with Crippen LogP contribution in [0, 0.1) is 0 Å². The number of pyridine rings is 1. The van der Waals surface area contributed by atoms with Gasteiger partial charge in [0.05, 0.1) is 19.0 Å². The number of amides is 1. The molecular weight excluding hydrogens is 278 g/mol. The third kappa shape index (κ3) is 4.22. The second-order valence-electron chi connectivity index (χ2n) is 5.07. The van der Waals surface area contributed by atoms with Gasteiger partial charge >= 0.3 is 0 Å². The molecule has 116 valence electrons. The van der Waals surface area contributed by atoms with Crippen LogP contribution in [0.2, 0.25) is 0 Å². The van der Waals surface area contributed by atoms with Gasteiger partial charge in [-0.05, 0) is 49.7 Å². The normalized spacial score (nSPS) is 11.6. The zero-order chi connectivity index (χ0) is 15.9. The Morgan fingerprint density at radius 2 is 1.95 bits per heavy atom. The van der Waals surface area contributed by atoms with E-state index < -0.39 is 0 Å². The number of aromatic nitrogens is 1. The maximum Gasteiger partial charge on any atom is 0.255 e. The number of hydrogen-bond acceptors (Lipinski definition) is 4. The minimum absolute atomic E-state index is 0.174. The average Bonchev–Trinajstić information content (AvgIpc) is 2.56. The van der Waals surface area contributed by atoms with Crippen molar-refractivity contribution in [3.05, 3.63) is 48.2 Å². The second-order valence-corrected chi connectivity index (χ2v) is 5.07. The van der Waals surface area contributed by atoms with Crippen LogP contribution in [0.3, 0.4) is 0 Å². The monoisotopic (exact) mass is 299 g/mol. The first-order chi connectivity index (χ1) is 10.6. The Balaban J connectivity index is 1.98. The molecule has 22 heavy (non-hydrogen) atoms. The lowest BCUT2D eigenvalue weighted by atomic mass is 10.2.